The minimum absolute atomic E-state index is 0.0143. The molecular formula is C32H27FN4O3. The highest BCUT2D eigenvalue weighted by atomic mass is 19.1. The monoisotopic (exact) mass is 534 g/mol. The molecule has 1 amide bonds. The van der Waals surface area contributed by atoms with Gasteiger partial charge in [0, 0.05) is 36.1 Å². The molecule has 40 heavy (non-hydrogen) atoms. The lowest BCUT2D eigenvalue weighted by atomic mass is 9.87. The molecule has 0 radical (unpaired) electrons. The van der Waals surface area contributed by atoms with Gasteiger partial charge in [0.15, 0.2) is 11.5 Å². The number of phenols is 1. The van der Waals surface area contributed by atoms with Crippen LogP contribution in [0.25, 0.3) is 11.4 Å². The average Bonchev–Trinajstić information content (AvgIpc) is 3.44. The van der Waals surface area contributed by atoms with E-state index >= 15 is 0 Å². The normalized spacial score (nSPS) is 15.0. The summed E-state index contributed by atoms with van der Waals surface area (Å²) < 4.78 is 19.4. The molecule has 1 aliphatic heterocycles. The summed E-state index contributed by atoms with van der Waals surface area (Å²) in [5.41, 5.74) is 10.8. The number of amides is 1. The lowest BCUT2D eigenvalue weighted by Gasteiger charge is -2.38. The minimum Gasteiger partial charge on any atom is -0.504 e. The van der Waals surface area contributed by atoms with E-state index in [0.717, 1.165) is 46.7 Å². The van der Waals surface area contributed by atoms with Crippen molar-refractivity contribution in [3.63, 3.8) is 0 Å². The van der Waals surface area contributed by atoms with E-state index in [1.54, 1.807) is 18.2 Å². The number of aromatic amines is 1. The molecule has 7 nitrogen and oxygen atoms in total. The third kappa shape index (κ3) is 5.17. The molecule has 1 unspecified atom stereocenters. The fraction of sp³-hybridized carbons (Fsp3) is 0.125. The Morgan fingerprint density at radius 3 is 2.52 bits per heavy atom. The van der Waals surface area contributed by atoms with E-state index in [2.05, 4.69) is 14.9 Å². The largest absolute Gasteiger partial charge is 0.504 e. The summed E-state index contributed by atoms with van der Waals surface area (Å²) in [6.07, 6.45) is 2.57. The third-order valence-electron chi connectivity index (χ3n) is 7.15. The first-order valence-electron chi connectivity index (χ1n) is 13.0. The number of H-pyrrole nitrogens is 1. The van der Waals surface area contributed by atoms with Crippen LogP contribution in [0.3, 0.4) is 0 Å². The van der Waals surface area contributed by atoms with Crippen molar-refractivity contribution in [2.75, 3.05) is 6.54 Å². The molecule has 0 fully saturated rings. The first kappa shape index (κ1) is 25.3. The average molecular weight is 535 g/mol. The summed E-state index contributed by atoms with van der Waals surface area (Å²) in [4.78, 5) is 22.1. The molecule has 5 aromatic rings. The fourth-order valence-electron chi connectivity index (χ4n) is 5.19. The Balaban J connectivity index is 1.37. The first-order chi connectivity index (χ1) is 19.4. The molecule has 2 heterocycles. The molecule has 1 aliphatic rings. The van der Waals surface area contributed by atoms with Crippen LogP contribution in [-0.4, -0.2) is 32.4 Å². The zero-order chi connectivity index (χ0) is 27.6. The van der Waals surface area contributed by atoms with E-state index in [1.807, 2.05) is 54.7 Å². The summed E-state index contributed by atoms with van der Waals surface area (Å²) >= 11 is 0. The van der Waals surface area contributed by atoms with E-state index in [4.69, 9.17) is 10.5 Å². The van der Waals surface area contributed by atoms with Crippen LogP contribution in [0.15, 0.2) is 97.2 Å². The van der Waals surface area contributed by atoms with Crippen molar-refractivity contribution in [3.8, 4) is 28.6 Å². The zero-order valence-electron chi connectivity index (χ0n) is 21.5. The van der Waals surface area contributed by atoms with Crippen LogP contribution < -0.4 is 10.5 Å². The van der Waals surface area contributed by atoms with E-state index in [-0.39, 0.29) is 23.4 Å². The maximum absolute atomic E-state index is 13.4. The lowest BCUT2D eigenvalue weighted by molar-refractivity contribution is 0.1000. The number of fused-ring (bicyclic) bond motifs is 1. The van der Waals surface area contributed by atoms with Gasteiger partial charge in [-0.05, 0) is 71.6 Å². The molecule has 8 heteroatoms. The van der Waals surface area contributed by atoms with Crippen molar-refractivity contribution in [1.82, 2.24) is 14.9 Å². The number of rotatable bonds is 7. The fourth-order valence-corrected chi connectivity index (χ4v) is 5.19. The first-order valence-corrected chi connectivity index (χ1v) is 13.0. The van der Waals surface area contributed by atoms with Crippen LogP contribution in [0.1, 0.15) is 38.8 Å². The topological polar surface area (TPSA) is 104 Å². The maximum Gasteiger partial charge on any atom is 0.248 e. The molecule has 0 spiro atoms. The highest BCUT2D eigenvalue weighted by molar-refractivity contribution is 5.92. The number of imidazole rings is 1. The summed E-state index contributed by atoms with van der Waals surface area (Å²) in [7, 11) is 0. The third-order valence-corrected chi connectivity index (χ3v) is 7.15. The summed E-state index contributed by atoms with van der Waals surface area (Å²) in [6.45, 7) is 1.32. The number of carbonyl (C=O) groups is 1. The van der Waals surface area contributed by atoms with Crippen molar-refractivity contribution in [2.24, 2.45) is 5.73 Å². The number of aromatic hydroxyl groups is 1. The molecule has 6 rings (SSSR count). The van der Waals surface area contributed by atoms with Gasteiger partial charge >= 0.3 is 0 Å². The van der Waals surface area contributed by atoms with Gasteiger partial charge in [-0.2, -0.15) is 0 Å². The molecule has 0 bridgehead atoms. The Hall–Kier alpha value is -4.95. The number of phenolic OH excluding ortho intramolecular Hbond substituents is 1. The molecule has 0 saturated carbocycles. The number of hydrogen-bond acceptors (Lipinski definition) is 5. The van der Waals surface area contributed by atoms with Crippen LogP contribution in [-0.2, 0) is 13.0 Å². The Labute approximate surface area is 230 Å². The van der Waals surface area contributed by atoms with Crippen LogP contribution in [0, 0.1) is 5.82 Å². The zero-order valence-corrected chi connectivity index (χ0v) is 21.5. The second-order valence-corrected chi connectivity index (χ2v) is 9.81. The summed E-state index contributed by atoms with van der Waals surface area (Å²) in [5, 5.41) is 10.8. The summed E-state index contributed by atoms with van der Waals surface area (Å²) in [5.74, 6) is 0.650. The van der Waals surface area contributed by atoms with E-state index in [0.29, 0.717) is 17.9 Å². The van der Waals surface area contributed by atoms with Crippen molar-refractivity contribution in [3.05, 3.63) is 131 Å². The smallest absolute Gasteiger partial charge is 0.248 e. The molecule has 0 aliphatic carbocycles. The number of aromatic nitrogens is 2. The molecule has 1 atom stereocenters. The van der Waals surface area contributed by atoms with Gasteiger partial charge in [0.25, 0.3) is 0 Å². The number of benzene rings is 4. The number of nitrogens with two attached hydrogens (primary N) is 1. The minimum atomic E-state index is -0.488. The van der Waals surface area contributed by atoms with Gasteiger partial charge in [-0.15, -0.1) is 0 Å². The molecule has 200 valence electrons. The summed E-state index contributed by atoms with van der Waals surface area (Å²) in [6, 6.07) is 26.2. The van der Waals surface area contributed by atoms with Crippen molar-refractivity contribution >= 4 is 5.91 Å². The number of carbonyl (C=O) groups excluding carboxylic acids is 1. The van der Waals surface area contributed by atoms with Gasteiger partial charge in [0.1, 0.15) is 17.4 Å². The Kier molecular flexibility index (Phi) is 6.76. The number of halogens is 1. The van der Waals surface area contributed by atoms with Crippen molar-refractivity contribution in [2.45, 2.75) is 19.0 Å². The quantitative estimate of drug-likeness (QED) is 0.239. The second kappa shape index (κ2) is 10.7. The standard InChI is InChI=1S/C32H27FN4O3/c33-24-10-12-26(13-11-24)40-29-17-27-23(16-28(29)38)14-15-37(30(27)20-6-8-21(9-7-20)31(34)39)19-25-18-35-32(36-25)22-4-2-1-3-5-22/h1-13,16-18,30,38H,14-15,19H2,(H2,34,39)(H,35,36). The van der Waals surface area contributed by atoms with Crippen molar-refractivity contribution in [1.29, 1.82) is 0 Å². The van der Waals surface area contributed by atoms with E-state index < -0.39 is 5.91 Å². The Morgan fingerprint density at radius 2 is 1.80 bits per heavy atom. The lowest BCUT2D eigenvalue weighted by Crippen LogP contribution is -2.35. The van der Waals surface area contributed by atoms with Crippen LogP contribution in [0.5, 0.6) is 17.2 Å². The van der Waals surface area contributed by atoms with Crippen molar-refractivity contribution < 1.29 is 19.0 Å². The van der Waals surface area contributed by atoms with Crippen LogP contribution >= 0.6 is 0 Å². The van der Waals surface area contributed by atoms with Crippen LogP contribution in [0.2, 0.25) is 0 Å². The number of ether oxygens (including phenoxy) is 1. The number of primary amides is 1. The highest BCUT2D eigenvalue weighted by Crippen LogP contribution is 2.42. The van der Waals surface area contributed by atoms with Gasteiger partial charge in [-0.1, -0.05) is 42.5 Å². The Bertz CT molecular complexity index is 1650. The molecular weight excluding hydrogens is 507 g/mol. The van der Waals surface area contributed by atoms with E-state index in [1.165, 1.54) is 24.3 Å². The molecule has 4 aromatic carbocycles. The maximum atomic E-state index is 13.4. The number of hydrogen-bond donors (Lipinski definition) is 3. The van der Waals surface area contributed by atoms with Gasteiger partial charge in [-0.3, -0.25) is 9.69 Å². The van der Waals surface area contributed by atoms with E-state index in [9.17, 15) is 14.3 Å². The predicted octanol–water partition coefficient (Wildman–Crippen LogP) is 5.96. The number of nitrogens with zero attached hydrogens (tertiary/aromatic N) is 2. The van der Waals surface area contributed by atoms with Crippen LogP contribution in [0.4, 0.5) is 4.39 Å². The van der Waals surface area contributed by atoms with Gasteiger partial charge < -0.3 is 20.6 Å². The number of nitrogens with one attached hydrogen (secondary N) is 1. The predicted molar refractivity (Wildman–Crippen MR) is 150 cm³/mol. The second-order valence-electron chi connectivity index (χ2n) is 9.81. The molecule has 4 N–H and O–H groups in total. The highest BCUT2D eigenvalue weighted by Gasteiger charge is 2.31. The van der Waals surface area contributed by atoms with Gasteiger partial charge in [0.2, 0.25) is 5.91 Å². The molecule has 1 aromatic heterocycles. The SMILES string of the molecule is NC(=O)c1ccc(C2c3cc(Oc4ccc(F)cc4)c(O)cc3CCN2Cc2cnc(-c3ccccc3)[nH]2)cc1. The Morgan fingerprint density at radius 1 is 1.05 bits per heavy atom. The van der Waals surface area contributed by atoms with Gasteiger partial charge in [-0.25, -0.2) is 9.37 Å². The molecule has 0 saturated heterocycles. The van der Waals surface area contributed by atoms with Gasteiger partial charge in [0.05, 0.1) is 6.04 Å².